The number of benzene rings is 1. The van der Waals surface area contributed by atoms with E-state index >= 15 is 0 Å². The second-order valence-corrected chi connectivity index (χ2v) is 4.74. The third kappa shape index (κ3) is 2.53. The molecule has 0 aliphatic carbocycles. The zero-order valence-electron chi connectivity index (χ0n) is 11.1. The van der Waals surface area contributed by atoms with E-state index in [9.17, 15) is 14.3 Å². The summed E-state index contributed by atoms with van der Waals surface area (Å²) < 4.78 is 17.6. The summed E-state index contributed by atoms with van der Waals surface area (Å²) in [6, 6.07) is 5.75. The highest BCUT2D eigenvalue weighted by Crippen LogP contribution is 2.35. The Balaban J connectivity index is 3.14. The van der Waals surface area contributed by atoms with Crippen LogP contribution in [0.1, 0.15) is 32.3 Å². The van der Waals surface area contributed by atoms with E-state index in [2.05, 4.69) is 4.74 Å². The van der Waals surface area contributed by atoms with Gasteiger partial charge in [0, 0.05) is 5.92 Å². The van der Waals surface area contributed by atoms with Crippen LogP contribution in [0.3, 0.4) is 0 Å². The molecule has 1 aromatic rings. The second kappa shape index (κ2) is 5.48. The molecule has 0 aliphatic heterocycles. The third-order valence-electron chi connectivity index (χ3n) is 3.42. The van der Waals surface area contributed by atoms with Crippen LogP contribution < -0.4 is 0 Å². The van der Waals surface area contributed by atoms with E-state index in [-0.39, 0.29) is 11.7 Å². The van der Waals surface area contributed by atoms with Gasteiger partial charge in [0.1, 0.15) is 5.82 Å². The summed E-state index contributed by atoms with van der Waals surface area (Å²) in [5.41, 5.74) is -0.926. The maximum atomic E-state index is 12.9. The fourth-order valence-corrected chi connectivity index (χ4v) is 2.08. The molecule has 2 unspecified atom stereocenters. The number of carbonyl (C=O) groups excluding carboxylic acids is 1. The number of ether oxygens (including phenoxy) is 1. The molecule has 0 bridgehead atoms. The van der Waals surface area contributed by atoms with Crippen molar-refractivity contribution >= 4 is 5.97 Å². The quantitative estimate of drug-likeness (QED) is 0.840. The third-order valence-corrected chi connectivity index (χ3v) is 3.42. The molecule has 0 heterocycles. The molecule has 100 valence electrons. The van der Waals surface area contributed by atoms with Crippen LogP contribution in [0.5, 0.6) is 0 Å². The van der Waals surface area contributed by atoms with Crippen molar-refractivity contribution in [2.75, 3.05) is 7.11 Å². The van der Waals surface area contributed by atoms with Gasteiger partial charge in [0.15, 0.2) is 5.60 Å². The van der Waals surface area contributed by atoms with E-state index in [0.29, 0.717) is 5.56 Å². The number of halogens is 1. The van der Waals surface area contributed by atoms with Gasteiger partial charge < -0.3 is 9.84 Å². The maximum Gasteiger partial charge on any atom is 0.338 e. The summed E-state index contributed by atoms with van der Waals surface area (Å²) in [5.74, 6) is -1.82. The van der Waals surface area contributed by atoms with E-state index < -0.39 is 17.5 Å². The number of hydrogen-bond donors (Lipinski definition) is 1. The van der Waals surface area contributed by atoms with Crippen molar-refractivity contribution in [1.29, 1.82) is 0 Å². The molecule has 1 N–H and O–H groups in total. The lowest BCUT2D eigenvalue weighted by atomic mass is 9.76. The molecule has 0 amide bonds. The van der Waals surface area contributed by atoms with Crippen molar-refractivity contribution in [3.05, 3.63) is 35.6 Å². The smallest absolute Gasteiger partial charge is 0.338 e. The number of esters is 1. The lowest BCUT2D eigenvalue weighted by molar-refractivity contribution is -0.170. The first kappa shape index (κ1) is 14.6. The van der Waals surface area contributed by atoms with Crippen LogP contribution in [-0.4, -0.2) is 23.8 Å². The van der Waals surface area contributed by atoms with Gasteiger partial charge in [-0.1, -0.05) is 32.9 Å². The zero-order valence-corrected chi connectivity index (χ0v) is 11.1. The molecule has 2 atom stereocenters. The molecule has 0 saturated carbocycles. The van der Waals surface area contributed by atoms with Crippen molar-refractivity contribution in [2.24, 2.45) is 5.92 Å². The summed E-state index contributed by atoms with van der Waals surface area (Å²) in [7, 11) is 1.24. The van der Waals surface area contributed by atoms with Gasteiger partial charge in [-0.3, -0.25) is 0 Å². The maximum absolute atomic E-state index is 12.9. The van der Waals surface area contributed by atoms with Crippen molar-refractivity contribution in [3.8, 4) is 0 Å². The Kier molecular flexibility index (Phi) is 4.46. The van der Waals surface area contributed by atoms with Crippen LogP contribution in [0.2, 0.25) is 0 Å². The topological polar surface area (TPSA) is 46.5 Å². The molecular formula is C14H19FO3. The molecule has 18 heavy (non-hydrogen) atoms. The largest absolute Gasteiger partial charge is 0.467 e. The van der Waals surface area contributed by atoms with Gasteiger partial charge in [0.25, 0.3) is 0 Å². The van der Waals surface area contributed by atoms with E-state index in [4.69, 9.17) is 0 Å². The van der Waals surface area contributed by atoms with Crippen LogP contribution in [0, 0.1) is 11.7 Å². The van der Waals surface area contributed by atoms with Gasteiger partial charge in [0.05, 0.1) is 7.11 Å². The van der Waals surface area contributed by atoms with Crippen molar-refractivity contribution < 1.29 is 19.0 Å². The Morgan fingerprint density at radius 1 is 1.28 bits per heavy atom. The summed E-state index contributed by atoms with van der Waals surface area (Å²) >= 11 is 0. The van der Waals surface area contributed by atoms with E-state index in [0.717, 1.165) is 0 Å². The van der Waals surface area contributed by atoms with Gasteiger partial charge in [-0.2, -0.15) is 0 Å². The number of aliphatic hydroxyl groups is 1. The summed E-state index contributed by atoms with van der Waals surface area (Å²) in [6.45, 7) is 5.22. The van der Waals surface area contributed by atoms with Gasteiger partial charge in [-0.05, 0) is 23.6 Å². The van der Waals surface area contributed by atoms with Crippen LogP contribution in [-0.2, 0) is 9.53 Å². The predicted molar refractivity (Wildman–Crippen MR) is 66.6 cm³/mol. The average molecular weight is 254 g/mol. The minimum Gasteiger partial charge on any atom is -0.467 e. The van der Waals surface area contributed by atoms with E-state index in [1.807, 2.05) is 0 Å². The average Bonchev–Trinajstić information content (AvgIpc) is 2.36. The first-order valence-corrected chi connectivity index (χ1v) is 5.90. The molecule has 0 radical (unpaired) electrons. The van der Waals surface area contributed by atoms with Crippen LogP contribution in [0.15, 0.2) is 24.3 Å². The van der Waals surface area contributed by atoms with Gasteiger partial charge in [-0.15, -0.1) is 0 Å². The first-order valence-electron chi connectivity index (χ1n) is 5.90. The SMILES string of the molecule is COC(=O)C(O)(C(C)C)C(C)c1ccc(F)cc1. The molecule has 1 aromatic carbocycles. The molecule has 0 saturated heterocycles. The Morgan fingerprint density at radius 3 is 2.17 bits per heavy atom. The summed E-state index contributed by atoms with van der Waals surface area (Å²) in [6.07, 6.45) is 0. The normalized spacial score (nSPS) is 16.2. The fraction of sp³-hybridized carbons (Fsp3) is 0.500. The fourth-order valence-electron chi connectivity index (χ4n) is 2.08. The second-order valence-electron chi connectivity index (χ2n) is 4.74. The predicted octanol–water partition coefficient (Wildman–Crippen LogP) is 2.49. The van der Waals surface area contributed by atoms with Gasteiger partial charge in [-0.25, -0.2) is 9.18 Å². The standard InChI is InChI=1S/C14H19FO3/c1-9(2)14(17,13(16)18-4)10(3)11-5-7-12(15)8-6-11/h5-10,17H,1-4H3. The Morgan fingerprint density at radius 2 is 1.78 bits per heavy atom. The molecular weight excluding hydrogens is 235 g/mol. The molecule has 0 aliphatic rings. The first-order chi connectivity index (χ1) is 8.33. The Bertz CT molecular complexity index is 414. The highest BCUT2D eigenvalue weighted by atomic mass is 19.1. The molecule has 1 rings (SSSR count). The Hall–Kier alpha value is -1.42. The molecule has 3 nitrogen and oxygen atoms in total. The monoisotopic (exact) mass is 254 g/mol. The van der Waals surface area contributed by atoms with Crippen LogP contribution in [0.25, 0.3) is 0 Å². The molecule has 0 spiro atoms. The number of hydrogen-bond acceptors (Lipinski definition) is 3. The Labute approximate surface area is 107 Å². The van der Waals surface area contributed by atoms with Crippen molar-refractivity contribution in [3.63, 3.8) is 0 Å². The zero-order chi connectivity index (χ0) is 13.9. The lowest BCUT2D eigenvalue weighted by Gasteiger charge is -2.35. The lowest BCUT2D eigenvalue weighted by Crippen LogP contribution is -2.49. The van der Waals surface area contributed by atoms with Gasteiger partial charge in [0.2, 0.25) is 0 Å². The van der Waals surface area contributed by atoms with E-state index in [1.165, 1.54) is 19.2 Å². The van der Waals surface area contributed by atoms with Gasteiger partial charge >= 0.3 is 5.97 Å². The molecule has 4 heteroatoms. The van der Waals surface area contributed by atoms with Crippen LogP contribution >= 0.6 is 0 Å². The van der Waals surface area contributed by atoms with Crippen LogP contribution in [0.4, 0.5) is 4.39 Å². The number of rotatable bonds is 4. The highest BCUT2D eigenvalue weighted by Gasteiger charge is 2.46. The highest BCUT2D eigenvalue weighted by molar-refractivity contribution is 5.81. The molecule has 0 aromatic heterocycles. The number of carbonyl (C=O) groups is 1. The molecule has 0 fully saturated rings. The summed E-state index contributed by atoms with van der Waals surface area (Å²) in [5, 5.41) is 10.6. The van der Waals surface area contributed by atoms with Crippen molar-refractivity contribution in [1.82, 2.24) is 0 Å². The van der Waals surface area contributed by atoms with E-state index in [1.54, 1.807) is 32.9 Å². The minimum absolute atomic E-state index is 0.315. The summed E-state index contributed by atoms with van der Waals surface area (Å²) in [4.78, 5) is 11.8. The van der Waals surface area contributed by atoms with Crippen molar-refractivity contribution in [2.45, 2.75) is 32.3 Å². The minimum atomic E-state index is -1.62. The number of methoxy groups -OCH3 is 1.